The number of aromatic hydroxyl groups is 1. The van der Waals surface area contributed by atoms with Gasteiger partial charge in [-0.05, 0) is 11.6 Å². The standard InChI is InChI=1S/C22H17F3N2O/c23-22(24,25)13-17-12-20-18(11-15-7-3-1-4-8-15)26-19(14-27(20)21(17)28)16-9-5-2-6-10-16/h1-10,12,14,28H,11,13H2. The molecule has 0 saturated heterocycles. The second-order valence-electron chi connectivity index (χ2n) is 6.64. The maximum absolute atomic E-state index is 12.9. The van der Waals surface area contributed by atoms with E-state index in [1.807, 2.05) is 60.7 Å². The summed E-state index contributed by atoms with van der Waals surface area (Å²) in [7, 11) is 0. The highest BCUT2D eigenvalue weighted by molar-refractivity contribution is 5.66. The van der Waals surface area contributed by atoms with E-state index >= 15 is 0 Å². The summed E-state index contributed by atoms with van der Waals surface area (Å²) in [5.74, 6) is -0.402. The van der Waals surface area contributed by atoms with Crippen LogP contribution >= 0.6 is 0 Å². The number of alkyl halides is 3. The van der Waals surface area contributed by atoms with Gasteiger partial charge in [-0.15, -0.1) is 0 Å². The third-order valence-electron chi connectivity index (χ3n) is 4.56. The molecule has 0 atom stereocenters. The van der Waals surface area contributed by atoms with Crippen LogP contribution in [0.2, 0.25) is 0 Å². The van der Waals surface area contributed by atoms with Crippen molar-refractivity contribution in [1.29, 1.82) is 0 Å². The molecule has 2 aromatic carbocycles. The monoisotopic (exact) mass is 382 g/mol. The second kappa shape index (κ2) is 7.03. The predicted molar refractivity (Wildman–Crippen MR) is 101 cm³/mol. The Kier molecular flexibility index (Phi) is 4.55. The molecule has 28 heavy (non-hydrogen) atoms. The van der Waals surface area contributed by atoms with Gasteiger partial charge in [0, 0.05) is 23.7 Å². The average molecular weight is 382 g/mol. The van der Waals surface area contributed by atoms with Crippen molar-refractivity contribution in [2.75, 3.05) is 0 Å². The predicted octanol–water partition coefficient (Wildman–Crippen LogP) is 5.40. The van der Waals surface area contributed by atoms with Gasteiger partial charge < -0.3 is 5.11 Å². The van der Waals surface area contributed by atoms with Crippen molar-refractivity contribution in [3.63, 3.8) is 0 Å². The minimum atomic E-state index is -4.41. The van der Waals surface area contributed by atoms with E-state index in [1.54, 1.807) is 6.20 Å². The normalized spacial score (nSPS) is 11.8. The Balaban J connectivity index is 1.89. The molecule has 2 heterocycles. The molecule has 1 N–H and O–H groups in total. The number of halogens is 3. The van der Waals surface area contributed by atoms with Crippen LogP contribution in [-0.4, -0.2) is 20.7 Å². The quantitative estimate of drug-likeness (QED) is 0.513. The minimum Gasteiger partial charge on any atom is -0.494 e. The van der Waals surface area contributed by atoms with Gasteiger partial charge in [0.2, 0.25) is 0 Å². The summed E-state index contributed by atoms with van der Waals surface area (Å²) in [6.07, 6.45) is -3.57. The van der Waals surface area contributed by atoms with Crippen LogP contribution in [0.1, 0.15) is 16.8 Å². The van der Waals surface area contributed by atoms with Crippen LogP contribution in [0.3, 0.4) is 0 Å². The number of rotatable bonds is 4. The highest BCUT2D eigenvalue weighted by atomic mass is 19.4. The minimum absolute atomic E-state index is 0.158. The number of benzene rings is 2. The molecule has 6 heteroatoms. The van der Waals surface area contributed by atoms with Crippen LogP contribution < -0.4 is 0 Å². The first kappa shape index (κ1) is 18.1. The Morgan fingerprint density at radius 3 is 2.21 bits per heavy atom. The van der Waals surface area contributed by atoms with Gasteiger partial charge in [0.25, 0.3) is 0 Å². The third-order valence-corrected chi connectivity index (χ3v) is 4.56. The molecule has 0 radical (unpaired) electrons. The Bertz CT molecular complexity index is 1100. The summed E-state index contributed by atoms with van der Waals surface area (Å²) < 4.78 is 40.1. The van der Waals surface area contributed by atoms with Gasteiger partial charge in [-0.25, -0.2) is 4.98 Å². The van der Waals surface area contributed by atoms with Crippen LogP contribution in [0.5, 0.6) is 5.88 Å². The molecule has 0 aliphatic heterocycles. The lowest BCUT2D eigenvalue weighted by molar-refractivity contribution is -0.127. The average Bonchev–Trinajstić information content (AvgIpc) is 2.98. The van der Waals surface area contributed by atoms with Crippen molar-refractivity contribution >= 4 is 5.52 Å². The maximum atomic E-state index is 12.9. The largest absolute Gasteiger partial charge is 0.494 e. The molecular formula is C22H17F3N2O. The molecular weight excluding hydrogens is 365 g/mol. The molecule has 0 aliphatic carbocycles. The van der Waals surface area contributed by atoms with Gasteiger partial charge in [0.15, 0.2) is 5.88 Å². The molecule has 142 valence electrons. The number of aromatic nitrogens is 2. The lowest BCUT2D eigenvalue weighted by Crippen LogP contribution is -2.10. The molecule has 0 saturated carbocycles. The van der Waals surface area contributed by atoms with Crippen LogP contribution in [0.4, 0.5) is 13.2 Å². The summed E-state index contributed by atoms with van der Waals surface area (Å²) in [4.78, 5) is 4.70. The molecule has 0 fully saturated rings. The SMILES string of the molecule is Oc1c(CC(F)(F)F)cc2c(Cc3ccccc3)nc(-c3ccccc3)cn12. The smallest absolute Gasteiger partial charge is 0.393 e. The van der Waals surface area contributed by atoms with Crippen molar-refractivity contribution in [1.82, 2.24) is 9.38 Å². The number of hydrogen-bond acceptors (Lipinski definition) is 2. The first-order valence-electron chi connectivity index (χ1n) is 8.79. The van der Waals surface area contributed by atoms with Crippen molar-refractivity contribution in [2.24, 2.45) is 0 Å². The Hall–Kier alpha value is -3.28. The van der Waals surface area contributed by atoms with E-state index in [9.17, 15) is 18.3 Å². The van der Waals surface area contributed by atoms with Crippen LogP contribution in [0.25, 0.3) is 16.8 Å². The third kappa shape index (κ3) is 3.71. The van der Waals surface area contributed by atoms with Crippen molar-refractivity contribution in [3.05, 3.63) is 89.7 Å². The van der Waals surface area contributed by atoms with E-state index in [4.69, 9.17) is 4.98 Å². The zero-order valence-electron chi connectivity index (χ0n) is 14.8. The van der Waals surface area contributed by atoms with E-state index < -0.39 is 18.5 Å². The van der Waals surface area contributed by atoms with E-state index in [2.05, 4.69) is 0 Å². The number of nitrogens with zero attached hydrogens (tertiary/aromatic N) is 2. The Labute approximate surface area is 159 Å². The Morgan fingerprint density at radius 1 is 0.929 bits per heavy atom. The van der Waals surface area contributed by atoms with Gasteiger partial charge in [-0.1, -0.05) is 60.7 Å². The molecule has 4 rings (SSSR count). The van der Waals surface area contributed by atoms with Crippen LogP contribution in [0.15, 0.2) is 72.9 Å². The molecule has 0 amide bonds. The summed E-state index contributed by atoms with van der Waals surface area (Å²) in [5, 5.41) is 10.4. The fourth-order valence-corrected chi connectivity index (χ4v) is 3.29. The highest BCUT2D eigenvalue weighted by Gasteiger charge is 2.30. The molecule has 4 aromatic rings. The maximum Gasteiger partial charge on any atom is 0.393 e. The van der Waals surface area contributed by atoms with Gasteiger partial charge in [0.05, 0.1) is 23.3 Å². The molecule has 0 spiro atoms. The zero-order valence-corrected chi connectivity index (χ0v) is 14.8. The summed E-state index contributed by atoms with van der Waals surface area (Å²) in [6.45, 7) is 0. The van der Waals surface area contributed by atoms with Gasteiger partial charge >= 0.3 is 6.18 Å². The topological polar surface area (TPSA) is 37.5 Å². The Morgan fingerprint density at radius 2 is 1.57 bits per heavy atom. The fraction of sp³-hybridized carbons (Fsp3) is 0.136. The van der Waals surface area contributed by atoms with E-state index in [0.717, 1.165) is 11.1 Å². The van der Waals surface area contributed by atoms with Crippen molar-refractivity contribution in [3.8, 4) is 17.1 Å². The molecule has 3 nitrogen and oxygen atoms in total. The molecule has 2 aromatic heterocycles. The van der Waals surface area contributed by atoms with E-state index in [0.29, 0.717) is 23.3 Å². The number of fused-ring (bicyclic) bond motifs is 1. The van der Waals surface area contributed by atoms with Crippen molar-refractivity contribution < 1.29 is 18.3 Å². The zero-order chi connectivity index (χ0) is 19.7. The molecule has 0 aliphatic rings. The second-order valence-corrected chi connectivity index (χ2v) is 6.64. The first-order valence-corrected chi connectivity index (χ1v) is 8.79. The fourth-order valence-electron chi connectivity index (χ4n) is 3.29. The van der Waals surface area contributed by atoms with E-state index in [-0.39, 0.29) is 5.56 Å². The van der Waals surface area contributed by atoms with Crippen molar-refractivity contribution in [2.45, 2.75) is 19.0 Å². The van der Waals surface area contributed by atoms with E-state index in [1.165, 1.54) is 10.5 Å². The highest BCUT2D eigenvalue weighted by Crippen LogP contribution is 2.33. The molecule has 0 bridgehead atoms. The van der Waals surface area contributed by atoms with Gasteiger partial charge in [-0.3, -0.25) is 4.40 Å². The first-order chi connectivity index (χ1) is 13.4. The molecule has 0 unspecified atom stereocenters. The summed E-state index contributed by atoms with van der Waals surface area (Å²) >= 11 is 0. The number of hydrogen-bond donors (Lipinski definition) is 1. The van der Waals surface area contributed by atoms with Crippen LogP contribution in [-0.2, 0) is 12.8 Å². The van der Waals surface area contributed by atoms with Gasteiger partial charge in [-0.2, -0.15) is 13.2 Å². The van der Waals surface area contributed by atoms with Gasteiger partial charge in [0.1, 0.15) is 0 Å². The van der Waals surface area contributed by atoms with Crippen LogP contribution in [0, 0.1) is 0 Å². The summed E-state index contributed by atoms with van der Waals surface area (Å²) in [6, 6.07) is 20.3. The lowest BCUT2D eigenvalue weighted by atomic mass is 10.1. The summed E-state index contributed by atoms with van der Waals surface area (Å²) in [5.41, 5.74) is 3.32. The lowest BCUT2D eigenvalue weighted by Gasteiger charge is -2.09.